The zero-order valence-electron chi connectivity index (χ0n) is 17.1. The summed E-state index contributed by atoms with van der Waals surface area (Å²) in [7, 11) is 2.18. The highest BCUT2D eigenvalue weighted by atomic mass is 32.1. The number of thiazole rings is 1. The van der Waals surface area contributed by atoms with Gasteiger partial charge in [-0.25, -0.2) is 9.97 Å². The van der Waals surface area contributed by atoms with Crippen molar-refractivity contribution in [3.63, 3.8) is 0 Å². The van der Waals surface area contributed by atoms with E-state index >= 15 is 0 Å². The number of nitrogen functional groups attached to an aromatic ring is 1. The predicted molar refractivity (Wildman–Crippen MR) is 117 cm³/mol. The molecule has 1 aliphatic heterocycles. The fourth-order valence-corrected chi connectivity index (χ4v) is 4.69. The molecule has 152 valence electrons. The average Bonchev–Trinajstić information content (AvgIpc) is 3.21. The van der Waals surface area contributed by atoms with Gasteiger partial charge in [-0.1, -0.05) is 0 Å². The Kier molecular flexibility index (Phi) is 5.52. The molecule has 0 spiro atoms. The Morgan fingerprint density at radius 2 is 1.86 bits per heavy atom. The van der Waals surface area contributed by atoms with Gasteiger partial charge < -0.3 is 15.4 Å². The third-order valence-corrected chi connectivity index (χ3v) is 6.71. The van der Waals surface area contributed by atoms with Gasteiger partial charge in [-0.15, -0.1) is 11.3 Å². The molecule has 4 rings (SSSR count). The molecule has 6 nitrogen and oxygen atoms in total. The molecule has 0 radical (unpaired) electrons. The van der Waals surface area contributed by atoms with E-state index in [1.54, 1.807) is 29.9 Å². The lowest BCUT2D eigenvalue weighted by Crippen LogP contribution is -2.29. The Balaban J connectivity index is 1.56. The highest BCUT2D eigenvalue weighted by molar-refractivity contribution is 7.15. The van der Waals surface area contributed by atoms with E-state index in [4.69, 9.17) is 15.5 Å². The van der Waals surface area contributed by atoms with Crippen LogP contribution in [0.1, 0.15) is 43.2 Å². The maximum Gasteiger partial charge on any atom is 0.166 e. The van der Waals surface area contributed by atoms with Crippen LogP contribution in [0.15, 0.2) is 43.0 Å². The van der Waals surface area contributed by atoms with Gasteiger partial charge in [0.15, 0.2) is 11.6 Å². The normalized spacial score (nSPS) is 16.1. The molecular weight excluding hydrogens is 382 g/mol. The molecule has 3 aromatic heterocycles. The molecule has 0 atom stereocenters. The lowest BCUT2D eigenvalue weighted by Gasteiger charge is -2.27. The molecule has 7 heteroatoms. The Bertz CT molecular complexity index is 964. The van der Waals surface area contributed by atoms with Crippen molar-refractivity contribution >= 4 is 17.2 Å². The molecule has 1 saturated heterocycles. The van der Waals surface area contributed by atoms with Crippen molar-refractivity contribution in [1.82, 2.24) is 19.9 Å². The minimum Gasteiger partial charge on any atom is -0.479 e. The monoisotopic (exact) mass is 409 g/mol. The van der Waals surface area contributed by atoms with Gasteiger partial charge in [-0.2, -0.15) is 0 Å². The standard InChI is InChI=1S/C22H27N5OS/c1-22(2,17-4-8-24-9-5-17)28-18-12-16(13-25-20(18)23)19-14-26-21(29-19)15-6-10-27(3)11-7-15/h4-5,8-9,12-15H,6-7,10-11H2,1-3H3,(H2,23,25). The second-order valence-corrected chi connectivity index (χ2v) is 9.16. The minimum atomic E-state index is -0.551. The zero-order valence-corrected chi connectivity index (χ0v) is 17.9. The molecule has 4 heterocycles. The number of anilines is 1. The van der Waals surface area contributed by atoms with Crippen molar-refractivity contribution in [2.24, 2.45) is 0 Å². The van der Waals surface area contributed by atoms with Crippen LogP contribution in [0.2, 0.25) is 0 Å². The molecular formula is C22H27N5OS. The summed E-state index contributed by atoms with van der Waals surface area (Å²) in [5.74, 6) is 1.52. The predicted octanol–water partition coefficient (Wildman–Crippen LogP) is 4.31. The third-order valence-electron chi connectivity index (χ3n) is 5.50. The highest BCUT2D eigenvalue weighted by Crippen LogP contribution is 2.37. The third kappa shape index (κ3) is 4.41. The molecule has 29 heavy (non-hydrogen) atoms. The minimum absolute atomic E-state index is 0.385. The first kappa shape index (κ1) is 19.8. The number of pyridine rings is 2. The van der Waals surface area contributed by atoms with E-state index in [9.17, 15) is 0 Å². The molecule has 0 bridgehead atoms. The summed E-state index contributed by atoms with van der Waals surface area (Å²) in [6.45, 7) is 6.29. The van der Waals surface area contributed by atoms with Crippen molar-refractivity contribution in [2.45, 2.75) is 38.2 Å². The number of aromatic nitrogens is 3. The number of nitrogens with zero attached hydrogens (tertiary/aromatic N) is 4. The highest BCUT2D eigenvalue weighted by Gasteiger charge is 2.25. The summed E-state index contributed by atoms with van der Waals surface area (Å²) in [5, 5.41) is 1.21. The molecule has 0 amide bonds. The first-order chi connectivity index (χ1) is 13.9. The van der Waals surface area contributed by atoms with Crippen molar-refractivity contribution < 1.29 is 4.74 Å². The van der Waals surface area contributed by atoms with Gasteiger partial charge in [-0.3, -0.25) is 4.98 Å². The van der Waals surface area contributed by atoms with Crippen LogP contribution in [-0.2, 0) is 5.60 Å². The van der Waals surface area contributed by atoms with Gasteiger partial charge in [0.1, 0.15) is 5.60 Å². The molecule has 0 aromatic carbocycles. The van der Waals surface area contributed by atoms with Crippen molar-refractivity contribution in [3.8, 4) is 16.2 Å². The van der Waals surface area contributed by atoms with E-state index in [1.165, 1.54) is 5.01 Å². The van der Waals surface area contributed by atoms with Gasteiger partial charge >= 0.3 is 0 Å². The Labute approximate surface area is 175 Å². The second kappa shape index (κ2) is 8.08. The van der Waals surface area contributed by atoms with Crippen LogP contribution < -0.4 is 10.5 Å². The van der Waals surface area contributed by atoms with Gasteiger partial charge in [0.2, 0.25) is 0 Å². The Hall–Kier alpha value is -2.51. The van der Waals surface area contributed by atoms with Crippen LogP contribution in [0.4, 0.5) is 5.82 Å². The number of piperidine rings is 1. The van der Waals surface area contributed by atoms with Crippen molar-refractivity contribution in [3.05, 3.63) is 53.6 Å². The summed E-state index contributed by atoms with van der Waals surface area (Å²) in [5.41, 5.74) is 7.58. The largest absolute Gasteiger partial charge is 0.479 e. The molecule has 0 unspecified atom stereocenters. The zero-order chi connectivity index (χ0) is 20.4. The summed E-state index contributed by atoms with van der Waals surface area (Å²) >= 11 is 1.75. The first-order valence-electron chi connectivity index (χ1n) is 9.92. The molecule has 1 fully saturated rings. The number of rotatable bonds is 5. The van der Waals surface area contributed by atoms with Crippen molar-refractivity contribution in [1.29, 1.82) is 0 Å². The molecule has 0 aliphatic carbocycles. The van der Waals surface area contributed by atoms with Crippen LogP contribution >= 0.6 is 11.3 Å². The molecule has 0 saturated carbocycles. The van der Waals surface area contributed by atoms with E-state index in [0.29, 0.717) is 17.5 Å². The maximum absolute atomic E-state index is 6.28. The number of nitrogens with two attached hydrogens (primary N) is 1. The van der Waals surface area contributed by atoms with Gasteiger partial charge in [0, 0.05) is 36.3 Å². The summed E-state index contributed by atoms with van der Waals surface area (Å²) in [4.78, 5) is 16.6. The van der Waals surface area contributed by atoms with Crippen molar-refractivity contribution in [2.75, 3.05) is 25.9 Å². The van der Waals surface area contributed by atoms with Gasteiger partial charge in [0.05, 0.1) is 9.88 Å². The number of hydrogen-bond acceptors (Lipinski definition) is 7. The lowest BCUT2D eigenvalue weighted by atomic mass is 9.98. The van der Waals surface area contributed by atoms with E-state index < -0.39 is 5.60 Å². The van der Waals surface area contributed by atoms with E-state index in [0.717, 1.165) is 41.9 Å². The number of likely N-dealkylation sites (tertiary alicyclic amines) is 1. The summed E-state index contributed by atoms with van der Waals surface area (Å²) in [6, 6.07) is 5.87. The van der Waals surface area contributed by atoms with Crippen LogP contribution in [0, 0.1) is 0 Å². The van der Waals surface area contributed by atoms with Crippen LogP contribution in [0.25, 0.3) is 10.4 Å². The molecule has 3 aromatic rings. The number of hydrogen-bond donors (Lipinski definition) is 1. The molecule has 2 N–H and O–H groups in total. The van der Waals surface area contributed by atoms with E-state index in [2.05, 4.69) is 21.9 Å². The lowest BCUT2D eigenvalue weighted by molar-refractivity contribution is 0.109. The average molecular weight is 410 g/mol. The quantitative estimate of drug-likeness (QED) is 0.677. The van der Waals surface area contributed by atoms with Crippen LogP contribution in [0.3, 0.4) is 0 Å². The van der Waals surface area contributed by atoms with E-state index in [-0.39, 0.29) is 0 Å². The Morgan fingerprint density at radius 1 is 1.14 bits per heavy atom. The fourth-order valence-electron chi connectivity index (χ4n) is 3.62. The SMILES string of the molecule is CN1CCC(c2ncc(-c3cnc(N)c(OC(C)(C)c4ccncc4)c3)s2)CC1. The topological polar surface area (TPSA) is 77.2 Å². The van der Waals surface area contributed by atoms with Gasteiger partial charge in [0.25, 0.3) is 0 Å². The maximum atomic E-state index is 6.28. The fraction of sp³-hybridized carbons (Fsp3) is 0.409. The Morgan fingerprint density at radius 3 is 2.59 bits per heavy atom. The first-order valence-corrected chi connectivity index (χ1v) is 10.7. The summed E-state index contributed by atoms with van der Waals surface area (Å²) < 4.78 is 6.28. The summed E-state index contributed by atoms with van der Waals surface area (Å²) in [6.07, 6.45) is 9.60. The number of ether oxygens (including phenoxy) is 1. The van der Waals surface area contributed by atoms with Crippen LogP contribution in [-0.4, -0.2) is 40.0 Å². The van der Waals surface area contributed by atoms with E-state index in [1.807, 2.05) is 38.2 Å². The van der Waals surface area contributed by atoms with Crippen LogP contribution in [0.5, 0.6) is 5.75 Å². The second-order valence-electron chi connectivity index (χ2n) is 8.10. The molecule has 1 aliphatic rings. The van der Waals surface area contributed by atoms with Gasteiger partial charge in [-0.05, 0) is 70.6 Å². The smallest absolute Gasteiger partial charge is 0.166 e.